The van der Waals surface area contributed by atoms with E-state index in [1.165, 1.54) is 12.1 Å². The summed E-state index contributed by atoms with van der Waals surface area (Å²) >= 11 is 0. The van der Waals surface area contributed by atoms with Gasteiger partial charge < -0.3 is 9.53 Å². The van der Waals surface area contributed by atoms with E-state index >= 15 is 0 Å². The number of fused-ring (bicyclic) bond motifs is 1. The Morgan fingerprint density at radius 3 is 3.07 bits per heavy atom. The van der Waals surface area contributed by atoms with Crippen molar-refractivity contribution in [2.45, 2.75) is 25.4 Å². The molecule has 1 aliphatic rings. The molecule has 0 aromatic heterocycles. The summed E-state index contributed by atoms with van der Waals surface area (Å²) < 4.78 is 18.3. The van der Waals surface area contributed by atoms with Crippen LogP contribution in [-0.4, -0.2) is 12.4 Å². The summed E-state index contributed by atoms with van der Waals surface area (Å²) in [5, 5.41) is 0. The Morgan fingerprint density at radius 1 is 1.57 bits per heavy atom. The Hall–Kier alpha value is -1.38. The molecule has 0 bridgehead atoms. The molecule has 0 radical (unpaired) electrons. The van der Waals surface area contributed by atoms with Crippen molar-refractivity contribution in [1.29, 1.82) is 0 Å². The number of hydrogen-bond donors (Lipinski definition) is 0. The first-order chi connectivity index (χ1) is 6.70. The van der Waals surface area contributed by atoms with Crippen molar-refractivity contribution in [2.24, 2.45) is 0 Å². The minimum atomic E-state index is -0.331. The van der Waals surface area contributed by atoms with E-state index in [2.05, 4.69) is 0 Å². The van der Waals surface area contributed by atoms with Crippen molar-refractivity contribution < 1.29 is 13.9 Å². The highest BCUT2D eigenvalue weighted by Gasteiger charge is 2.25. The number of benzene rings is 1. The van der Waals surface area contributed by atoms with E-state index < -0.39 is 0 Å². The molecule has 2 unspecified atom stereocenters. The maximum atomic E-state index is 12.9. The largest absolute Gasteiger partial charge is 0.490 e. The van der Waals surface area contributed by atoms with Gasteiger partial charge in [0.15, 0.2) is 0 Å². The highest BCUT2D eigenvalue weighted by molar-refractivity contribution is 5.65. The van der Waals surface area contributed by atoms with Crippen molar-refractivity contribution in [1.82, 2.24) is 0 Å². The van der Waals surface area contributed by atoms with Crippen LogP contribution < -0.4 is 4.74 Å². The molecular formula is C11H11FO2. The zero-order valence-electron chi connectivity index (χ0n) is 7.87. The lowest BCUT2D eigenvalue weighted by molar-refractivity contribution is -0.110. The monoisotopic (exact) mass is 194 g/mol. The quantitative estimate of drug-likeness (QED) is 0.641. The summed E-state index contributed by atoms with van der Waals surface area (Å²) in [4.78, 5) is 10.8. The van der Waals surface area contributed by atoms with E-state index in [9.17, 15) is 9.18 Å². The molecule has 3 heteroatoms. The molecule has 2 rings (SSSR count). The predicted octanol–water partition coefficient (Wildman–Crippen LogP) is 2.28. The lowest BCUT2D eigenvalue weighted by Crippen LogP contribution is -2.23. The highest BCUT2D eigenvalue weighted by atomic mass is 19.1. The molecule has 0 spiro atoms. The molecule has 1 aliphatic heterocycles. The third kappa shape index (κ3) is 1.50. The van der Waals surface area contributed by atoms with Gasteiger partial charge in [-0.05, 0) is 19.4 Å². The van der Waals surface area contributed by atoms with Crippen molar-refractivity contribution in [2.75, 3.05) is 0 Å². The molecule has 0 fully saturated rings. The van der Waals surface area contributed by atoms with E-state index in [-0.39, 0.29) is 17.8 Å². The summed E-state index contributed by atoms with van der Waals surface area (Å²) in [6.07, 6.45) is 1.54. The molecule has 1 aromatic rings. The maximum absolute atomic E-state index is 12.9. The zero-order valence-corrected chi connectivity index (χ0v) is 7.87. The van der Waals surface area contributed by atoms with Crippen molar-refractivity contribution >= 4 is 6.29 Å². The Morgan fingerprint density at radius 2 is 2.36 bits per heavy atom. The summed E-state index contributed by atoms with van der Waals surface area (Å²) in [6, 6.07) is 4.31. The van der Waals surface area contributed by atoms with Gasteiger partial charge in [0, 0.05) is 17.5 Å². The fraction of sp³-hybridized carbons (Fsp3) is 0.364. The van der Waals surface area contributed by atoms with Crippen LogP contribution in [0.2, 0.25) is 0 Å². The van der Waals surface area contributed by atoms with Crippen molar-refractivity contribution in [3.63, 3.8) is 0 Å². The normalized spacial score (nSPS) is 25.0. The number of halogens is 1. The molecular weight excluding hydrogens is 183 g/mol. The fourth-order valence-corrected chi connectivity index (χ4v) is 1.79. The zero-order chi connectivity index (χ0) is 10.1. The first-order valence-corrected chi connectivity index (χ1v) is 4.62. The van der Waals surface area contributed by atoms with Gasteiger partial charge in [0.1, 0.15) is 17.9 Å². The molecule has 1 heterocycles. The van der Waals surface area contributed by atoms with Gasteiger partial charge in [-0.15, -0.1) is 0 Å². The summed E-state index contributed by atoms with van der Waals surface area (Å²) in [6.45, 7) is 1.88. The Balaban J connectivity index is 2.45. The van der Waals surface area contributed by atoms with Gasteiger partial charge in [-0.2, -0.15) is 0 Å². The average Bonchev–Trinajstić information content (AvgIpc) is 2.15. The smallest absolute Gasteiger partial charge is 0.127 e. The average molecular weight is 194 g/mol. The fourth-order valence-electron chi connectivity index (χ4n) is 1.79. The van der Waals surface area contributed by atoms with Gasteiger partial charge >= 0.3 is 0 Å². The van der Waals surface area contributed by atoms with Crippen LogP contribution >= 0.6 is 0 Å². The van der Waals surface area contributed by atoms with Gasteiger partial charge in [0.25, 0.3) is 0 Å². The molecule has 0 aliphatic carbocycles. The van der Waals surface area contributed by atoms with Crippen LogP contribution in [0.1, 0.15) is 24.8 Å². The summed E-state index contributed by atoms with van der Waals surface area (Å²) in [7, 11) is 0. The number of ether oxygens (including phenoxy) is 1. The maximum Gasteiger partial charge on any atom is 0.127 e. The van der Waals surface area contributed by atoms with E-state index in [0.29, 0.717) is 12.2 Å². The molecule has 1 aromatic carbocycles. The number of rotatable bonds is 1. The van der Waals surface area contributed by atoms with Gasteiger partial charge in [-0.3, -0.25) is 0 Å². The first kappa shape index (κ1) is 9.19. The van der Waals surface area contributed by atoms with Crippen LogP contribution in [0.15, 0.2) is 18.2 Å². The number of aldehydes is 1. The van der Waals surface area contributed by atoms with Gasteiger partial charge in [0.05, 0.1) is 6.10 Å². The molecule has 0 saturated carbocycles. The number of carbonyl (C=O) groups is 1. The van der Waals surface area contributed by atoms with Gasteiger partial charge in [0.2, 0.25) is 0 Å². The van der Waals surface area contributed by atoms with E-state index in [0.717, 1.165) is 11.8 Å². The molecule has 0 amide bonds. The lowest BCUT2D eigenvalue weighted by Gasteiger charge is -2.27. The molecule has 2 atom stereocenters. The first-order valence-electron chi connectivity index (χ1n) is 4.62. The molecule has 2 nitrogen and oxygen atoms in total. The SMILES string of the molecule is CC1CC(C=O)c2ccc(F)cc2O1. The van der Waals surface area contributed by atoms with Crippen LogP contribution in [0.3, 0.4) is 0 Å². The minimum Gasteiger partial charge on any atom is -0.490 e. The second-order valence-electron chi connectivity index (χ2n) is 3.59. The van der Waals surface area contributed by atoms with Crippen LogP contribution in [0.5, 0.6) is 5.75 Å². The molecule has 74 valence electrons. The number of hydrogen-bond acceptors (Lipinski definition) is 2. The van der Waals surface area contributed by atoms with E-state index in [1.54, 1.807) is 6.07 Å². The lowest BCUT2D eigenvalue weighted by atomic mass is 9.91. The predicted molar refractivity (Wildman–Crippen MR) is 49.9 cm³/mol. The van der Waals surface area contributed by atoms with Crippen LogP contribution in [0.4, 0.5) is 4.39 Å². The third-order valence-corrected chi connectivity index (χ3v) is 2.45. The summed E-state index contributed by atoms with van der Waals surface area (Å²) in [5.41, 5.74) is 0.791. The standard InChI is InChI=1S/C11H11FO2/c1-7-4-8(6-13)10-3-2-9(12)5-11(10)14-7/h2-3,5-8H,4H2,1H3. The van der Waals surface area contributed by atoms with Gasteiger partial charge in [-0.25, -0.2) is 4.39 Å². The summed E-state index contributed by atoms with van der Waals surface area (Å²) in [5.74, 6) is 0.0118. The molecule has 0 N–H and O–H groups in total. The minimum absolute atomic E-state index is 0.0282. The topological polar surface area (TPSA) is 26.3 Å². The van der Waals surface area contributed by atoms with Crippen LogP contribution in [0.25, 0.3) is 0 Å². The highest BCUT2D eigenvalue weighted by Crippen LogP contribution is 2.35. The Labute approximate surface area is 81.7 Å². The Bertz CT molecular complexity index is 362. The van der Waals surface area contributed by atoms with E-state index in [1.807, 2.05) is 6.92 Å². The van der Waals surface area contributed by atoms with Crippen LogP contribution in [0, 0.1) is 5.82 Å². The van der Waals surface area contributed by atoms with Crippen molar-refractivity contribution in [3.8, 4) is 5.75 Å². The Kier molecular flexibility index (Phi) is 2.23. The van der Waals surface area contributed by atoms with Gasteiger partial charge in [-0.1, -0.05) is 6.07 Å². The molecule has 14 heavy (non-hydrogen) atoms. The second kappa shape index (κ2) is 3.40. The molecule has 0 saturated heterocycles. The van der Waals surface area contributed by atoms with Crippen molar-refractivity contribution in [3.05, 3.63) is 29.6 Å². The third-order valence-electron chi connectivity index (χ3n) is 2.45. The second-order valence-corrected chi connectivity index (χ2v) is 3.59. The number of carbonyl (C=O) groups excluding carboxylic acids is 1. The van der Waals surface area contributed by atoms with Crippen LogP contribution in [-0.2, 0) is 4.79 Å². The van der Waals surface area contributed by atoms with E-state index in [4.69, 9.17) is 4.74 Å².